The molecule has 5 heteroatoms. The first-order valence-corrected chi connectivity index (χ1v) is 25.2. The fourth-order valence-electron chi connectivity index (χ4n) is 12.9. The van der Waals surface area contributed by atoms with Crippen molar-refractivity contribution in [3.8, 4) is 0 Å². The van der Waals surface area contributed by atoms with Crippen molar-refractivity contribution in [3.05, 3.63) is 161 Å². The molecule has 0 N–H and O–H groups in total. The highest BCUT2D eigenvalue weighted by atomic mass is 16.3. The molecule has 342 valence electrons. The normalized spacial score (nSPS) is 19.8. The number of para-hydroxylation sites is 1. The number of rotatable bonds is 3. The highest BCUT2D eigenvalue weighted by Crippen LogP contribution is 2.61. The van der Waals surface area contributed by atoms with Crippen LogP contribution < -0.4 is 31.1 Å². The van der Waals surface area contributed by atoms with Crippen LogP contribution in [-0.4, -0.2) is 12.3 Å². The summed E-state index contributed by atoms with van der Waals surface area (Å²) in [6, 6.07) is 51.9. The summed E-state index contributed by atoms with van der Waals surface area (Å²) in [6.45, 7) is 28.4. The van der Waals surface area contributed by atoms with Crippen molar-refractivity contribution in [1.29, 1.82) is 0 Å². The monoisotopic (exact) mass is 892 g/mol. The molecule has 1 aliphatic carbocycles. The fraction of sp³-hybridized carbons (Fsp3) is 0.333. The third-order valence-electron chi connectivity index (χ3n) is 16.9. The van der Waals surface area contributed by atoms with Gasteiger partial charge in [0.1, 0.15) is 11.2 Å². The predicted octanol–water partition coefficient (Wildman–Crippen LogP) is 15.6. The highest BCUT2D eigenvalue weighted by Gasteiger charge is 2.58. The van der Waals surface area contributed by atoms with Crippen molar-refractivity contribution >= 4 is 90.5 Å². The lowest BCUT2D eigenvalue weighted by Gasteiger charge is -2.50. The van der Waals surface area contributed by atoms with E-state index in [1.54, 1.807) is 0 Å². The maximum absolute atomic E-state index is 6.47. The molecule has 0 saturated heterocycles. The molecule has 2 unspecified atom stereocenters. The second-order valence-electron chi connectivity index (χ2n) is 24.3. The minimum atomic E-state index is -0.0871. The van der Waals surface area contributed by atoms with Gasteiger partial charge in [-0.25, -0.2) is 0 Å². The van der Waals surface area contributed by atoms with Gasteiger partial charge in [0.05, 0.1) is 5.54 Å². The van der Waals surface area contributed by atoms with Crippen molar-refractivity contribution in [2.45, 2.75) is 136 Å². The Bertz CT molecular complexity index is 3380. The molecule has 2 atom stereocenters. The average Bonchev–Trinajstić information content (AvgIpc) is 3.76. The lowest BCUT2D eigenvalue weighted by Crippen LogP contribution is -2.61. The van der Waals surface area contributed by atoms with Crippen molar-refractivity contribution in [2.75, 3.05) is 14.7 Å². The van der Waals surface area contributed by atoms with E-state index in [4.69, 9.17) is 4.42 Å². The first kappa shape index (κ1) is 43.1. The zero-order valence-electron chi connectivity index (χ0n) is 42.4. The summed E-state index contributed by atoms with van der Waals surface area (Å²) in [5, 5.41) is 2.27. The van der Waals surface area contributed by atoms with Crippen LogP contribution in [0.25, 0.3) is 21.9 Å². The largest absolute Gasteiger partial charge is 0.456 e. The van der Waals surface area contributed by atoms with Crippen LogP contribution in [-0.2, 0) is 21.7 Å². The minimum Gasteiger partial charge on any atom is -0.456 e. The number of anilines is 8. The Morgan fingerprint density at radius 3 is 1.78 bits per heavy atom. The number of nitrogens with zero attached hydrogens (tertiary/aromatic N) is 3. The zero-order chi connectivity index (χ0) is 47.4. The summed E-state index contributed by atoms with van der Waals surface area (Å²) in [5.74, 6) is 0. The molecular formula is C63H66BN3O. The van der Waals surface area contributed by atoms with Crippen molar-refractivity contribution in [3.63, 3.8) is 0 Å². The van der Waals surface area contributed by atoms with Gasteiger partial charge in [-0.2, -0.15) is 0 Å². The molecule has 0 amide bonds. The van der Waals surface area contributed by atoms with Gasteiger partial charge in [-0.05, 0) is 160 Å². The number of benzene rings is 7. The van der Waals surface area contributed by atoms with Crippen LogP contribution in [0, 0.1) is 6.92 Å². The molecule has 68 heavy (non-hydrogen) atoms. The summed E-state index contributed by atoms with van der Waals surface area (Å²) >= 11 is 0. The van der Waals surface area contributed by atoms with Crippen LogP contribution >= 0.6 is 0 Å². The molecule has 1 saturated carbocycles. The van der Waals surface area contributed by atoms with E-state index in [0.717, 1.165) is 34.0 Å². The molecule has 1 fully saturated rings. The third-order valence-corrected chi connectivity index (χ3v) is 16.9. The summed E-state index contributed by atoms with van der Waals surface area (Å²) in [4.78, 5) is 7.93. The number of furan rings is 1. The van der Waals surface area contributed by atoms with Crippen LogP contribution in [0.1, 0.15) is 130 Å². The van der Waals surface area contributed by atoms with Crippen LogP contribution in [0.3, 0.4) is 0 Å². The number of hydrogen-bond acceptors (Lipinski definition) is 4. The molecule has 4 aliphatic rings. The molecule has 4 nitrogen and oxygen atoms in total. The molecule has 8 aromatic rings. The van der Waals surface area contributed by atoms with Gasteiger partial charge in [0, 0.05) is 61.7 Å². The van der Waals surface area contributed by atoms with Gasteiger partial charge in [-0.1, -0.05) is 143 Å². The van der Waals surface area contributed by atoms with E-state index in [-0.39, 0.29) is 33.9 Å². The van der Waals surface area contributed by atoms with E-state index in [1.807, 2.05) is 0 Å². The highest BCUT2D eigenvalue weighted by molar-refractivity contribution is 7.00. The lowest BCUT2D eigenvalue weighted by atomic mass is 9.33. The summed E-state index contributed by atoms with van der Waals surface area (Å²) in [5.41, 5.74) is 22.6. The lowest BCUT2D eigenvalue weighted by molar-refractivity contribution is 0.195. The molecular weight excluding hydrogens is 826 g/mol. The molecule has 7 aromatic carbocycles. The molecule has 1 aromatic heterocycles. The topological polar surface area (TPSA) is 22.9 Å². The zero-order valence-corrected chi connectivity index (χ0v) is 42.4. The minimum absolute atomic E-state index is 0.0116. The van der Waals surface area contributed by atoms with Gasteiger partial charge < -0.3 is 19.1 Å². The van der Waals surface area contributed by atoms with Gasteiger partial charge in [0.2, 0.25) is 0 Å². The van der Waals surface area contributed by atoms with Crippen molar-refractivity contribution < 1.29 is 4.42 Å². The van der Waals surface area contributed by atoms with E-state index in [2.05, 4.69) is 231 Å². The Hall–Kier alpha value is -6.20. The van der Waals surface area contributed by atoms with E-state index < -0.39 is 0 Å². The third kappa shape index (κ3) is 6.19. The Kier molecular flexibility index (Phi) is 9.14. The van der Waals surface area contributed by atoms with Crippen LogP contribution in [0.4, 0.5) is 45.5 Å². The van der Waals surface area contributed by atoms with Crippen molar-refractivity contribution in [2.24, 2.45) is 0 Å². The SMILES string of the molecule is Cc1cc2c3c(c1)N(c1ccc4oc5ccccc5c4c1)c1cc(N4c5ccc(C(C)(C)C)cc5C5(C)CCCCC45C)ccc1B3c1cc(C(C)(C)C)ccc1N2c1ccc(C(C)(C)C)cc1. The molecule has 0 spiro atoms. The van der Waals surface area contributed by atoms with Crippen LogP contribution in [0.2, 0.25) is 0 Å². The first-order valence-electron chi connectivity index (χ1n) is 25.2. The summed E-state index contributed by atoms with van der Waals surface area (Å²) < 4.78 is 6.47. The summed E-state index contributed by atoms with van der Waals surface area (Å²) in [7, 11) is 0. The number of aryl methyl sites for hydroxylation is 1. The van der Waals surface area contributed by atoms with Gasteiger partial charge in [0.15, 0.2) is 0 Å². The standard InChI is InChI=1S/C63H66BN3O/c1-39-33-54-58-55(34-39)66(44-26-30-57-47(37-44)46-17-13-14-18-56(46)68-57)53-38-45(67-51-28-21-41(60(5,6)7)35-48(51)62(11)31-15-16-32-63(62,67)12)25-27-49(53)64(58)50-36-42(61(8,9)10)22-29-52(50)65(54)43-23-19-40(20-24-43)59(2,3)4/h13-14,17-30,33-38H,15-16,31-32H2,1-12H3. The molecule has 0 bridgehead atoms. The second kappa shape index (κ2) is 14.4. The van der Waals surface area contributed by atoms with E-state index in [9.17, 15) is 0 Å². The van der Waals surface area contributed by atoms with E-state index >= 15 is 0 Å². The van der Waals surface area contributed by atoms with Crippen LogP contribution in [0.15, 0.2) is 138 Å². The fourth-order valence-corrected chi connectivity index (χ4v) is 12.9. The second-order valence-corrected chi connectivity index (χ2v) is 24.3. The number of hydrogen-bond donors (Lipinski definition) is 0. The van der Waals surface area contributed by atoms with E-state index in [1.165, 1.54) is 103 Å². The maximum atomic E-state index is 6.47. The average molecular weight is 892 g/mol. The molecule has 12 rings (SSSR count). The molecule has 4 heterocycles. The molecule has 3 aliphatic heterocycles. The van der Waals surface area contributed by atoms with Crippen LogP contribution in [0.5, 0.6) is 0 Å². The Morgan fingerprint density at radius 1 is 0.485 bits per heavy atom. The van der Waals surface area contributed by atoms with Crippen molar-refractivity contribution in [1.82, 2.24) is 0 Å². The number of fused-ring (bicyclic) bond motifs is 10. The van der Waals surface area contributed by atoms with Gasteiger partial charge in [-0.15, -0.1) is 0 Å². The first-order chi connectivity index (χ1) is 32.2. The summed E-state index contributed by atoms with van der Waals surface area (Å²) in [6.07, 6.45) is 4.84. The quantitative estimate of drug-likeness (QED) is 0.165. The van der Waals surface area contributed by atoms with Gasteiger partial charge in [0.25, 0.3) is 6.71 Å². The predicted molar refractivity (Wildman–Crippen MR) is 291 cm³/mol. The Balaban J connectivity index is 1.14. The Labute approximate surface area is 405 Å². The smallest absolute Gasteiger partial charge is 0.252 e. The van der Waals surface area contributed by atoms with Gasteiger partial charge >= 0.3 is 0 Å². The molecule has 0 radical (unpaired) electrons. The van der Waals surface area contributed by atoms with E-state index in [0.29, 0.717) is 0 Å². The van der Waals surface area contributed by atoms with Gasteiger partial charge in [-0.3, -0.25) is 0 Å². The maximum Gasteiger partial charge on any atom is 0.252 e. The Morgan fingerprint density at radius 2 is 1.07 bits per heavy atom.